The fourth-order valence-electron chi connectivity index (χ4n) is 2.06. The van der Waals surface area contributed by atoms with E-state index in [4.69, 9.17) is 5.11 Å². The topological polar surface area (TPSA) is 86.7 Å². The minimum Gasteiger partial charge on any atom is -0.481 e. The monoisotopic (exact) mass is 382 g/mol. The van der Waals surface area contributed by atoms with E-state index < -0.39 is 22.1 Å². The van der Waals surface area contributed by atoms with Crippen molar-refractivity contribution < 1.29 is 18.3 Å². The second kappa shape index (κ2) is 6.52. The number of rotatable bonds is 5. The molecule has 0 radical (unpaired) electrons. The molecule has 0 bridgehead atoms. The van der Waals surface area contributed by atoms with Crippen LogP contribution in [0.1, 0.15) is 17.7 Å². The van der Waals surface area contributed by atoms with Crippen LogP contribution in [0.3, 0.4) is 0 Å². The van der Waals surface area contributed by atoms with Crippen LogP contribution in [-0.4, -0.2) is 36.9 Å². The molecule has 0 aliphatic carbocycles. The number of aliphatic carboxylic acids is 1. The van der Waals surface area contributed by atoms with Crippen LogP contribution < -0.4 is 4.72 Å². The molecule has 1 aliphatic rings. The van der Waals surface area contributed by atoms with Crippen molar-refractivity contribution in [1.82, 2.24) is 9.03 Å². The fraction of sp³-hybridized carbons (Fsp3) is 0.545. The maximum absolute atomic E-state index is 12.2. The summed E-state index contributed by atoms with van der Waals surface area (Å²) in [6.45, 7) is 0.607. The van der Waals surface area contributed by atoms with E-state index in [1.54, 1.807) is 0 Å². The Hall–Kier alpha value is -0.480. The fourth-order valence-corrected chi connectivity index (χ4v) is 4.84. The first-order valence-electron chi connectivity index (χ1n) is 6.09. The number of thiophene rings is 1. The van der Waals surface area contributed by atoms with Crippen LogP contribution in [-0.2, 0) is 21.5 Å². The molecule has 1 aromatic heterocycles. The second-order valence-corrected chi connectivity index (χ2v) is 8.16. The van der Waals surface area contributed by atoms with Gasteiger partial charge < -0.3 is 5.11 Å². The molecule has 2 heterocycles. The van der Waals surface area contributed by atoms with Gasteiger partial charge in [-0.2, -0.15) is 17.4 Å². The van der Waals surface area contributed by atoms with Crippen molar-refractivity contribution in [2.24, 2.45) is 5.92 Å². The number of halogens is 1. The Morgan fingerprint density at radius 3 is 2.95 bits per heavy atom. The van der Waals surface area contributed by atoms with Crippen LogP contribution >= 0.6 is 27.3 Å². The van der Waals surface area contributed by atoms with E-state index in [-0.39, 0.29) is 13.1 Å². The first-order valence-corrected chi connectivity index (χ1v) is 9.21. The van der Waals surface area contributed by atoms with Gasteiger partial charge in [0.2, 0.25) is 0 Å². The predicted molar refractivity (Wildman–Crippen MR) is 79.7 cm³/mol. The van der Waals surface area contributed by atoms with Crippen molar-refractivity contribution in [2.45, 2.75) is 19.4 Å². The number of nitrogens with one attached hydrogen (secondary N) is 1. The molecule has 1 atom stereocenters. The molecule has 0 spiro atoms. The van der Waals surface area contributed by atoms with Crippen LogP contribution in [0.25, 0.3) is 0 Å². The van der Waals surface area contributed by atoms with Crippen molar-refractivity contribution in [3.8, 4) is 0 Å². The van der Waals surface area contributed by atoms with Gasteiger partial charge in [-0.1, -0.05) is 0 Å². The predicted octanol–water partition coefficient (Wildman–Crippen LogP) is 1.64. The summed E-state index contributed by atoms with van der Waals surface area (Å²) in [7, 11) is -3.64. The van der Waals surface area contributed by atoms with Crippen molar-refractivity contribution in [3.63, 3.8) is 0 Å². The van der Waals surface area contributed by atoms with Crippen LogP contribution in [0.2, 0.25) is 0 Å². The Morgan fingerprint density at radius 1 is 1.60 bits per heavy atom. The normalized spacial score (nSPS) is 20.9. The molecule has 0 aromatic carbocycles. The molecule has 2 N–H and O–H groups in total. The molecule has 1 fully saturated rings. The van der Waals surface area contributed by atoms with Crippen LogP contribution in [0.4, 0.5) is 0 Å². The van der Waals surface area contributed by atoms with Gasteiger partial charge in [-0.3, -0.25) is 4.79 Å². The summed E-state index contributed by atoms with van der Waals surface area (Å²) in [5.74, 6) is -1.56. The lowest BCUT2D eigenvalue weighted by Gasteiger charge is -2.29. The summed E-state index contributed by atoms with van der Waals surface area (Å²) >= 11 is 4.80. The van der Waals surface area contributed by atoms with Gasteiger partial charge in [-0.25, -0.2) is 0 Å². The van der Waals surface area contributed by atoms with E-state index in [0.29, 0.717) is 19.4 Å². The van der Waals surface area contributed by atoms with Gasteiger partial charge in [-0.05, 0) is 40.2 Å². The van der Waals surface area contributed by atoms with Gasteiger partial charge in [0.25, 0.3) is 10.2 Å². The van der Waals surface area contributed by atoms with E-state index >= 15 is 0 Å². The first-order chi connectivity index (χ1) is 9.40. The quantitative estimate of drug-likeness (QED) is 0.810. The summed E-state index contributed by atoms with van der Waals surface area (Å²) in [6, 6.07) is 1.86. The minimum absolute atomic E-state index is 0.0380. The molecular formula is C11H15BrN2O4S2. The molecular weight excluding hydrogens is 368 g/mol. The molecule has 2 rings (SSSR count). The maximum atomic E-state index is 12.2. The third-order valence-electron chi connectivity index (χ3n) is 3.18. The minimum atomic E-state index is -3.64. The number of carboxylic acid groups (broad SMARTS) is 1. The standard InChI is InChI=1S/C11H15BrN2O4S2/c12-9-3-5-19-10(9)6-13-20(17,18)14-4-1-2-8(7-14)11(15)16/h3,5,8,13H,1-2,4,6-7H2,(H,15,16). The number of hydrogen-bond acceptors (Lipinski definition) is 4. The molecule has 0 saturated carbocycles. The Balaban J connectivity index is 1.99. The van der Waals surface area contributed by atoms with Crippen LogP contribution in [0.5, 0.6) is 0 Å². The summed E-state index contributed by atoms with van der Waals surface area (Å²) < 4.78 is 28.9. The average molecular weight is 383 g/mol. The van der Waals surface area contributed by atoms with E-state index in [0.717, 1.165) is 9.35 Å². The number of piperidine rings is 1. The van der Waals surface area contributed by atoms with Crippen molar-refractivity contribution in [3.05, 3.63) is 20.8 Å². The van der Waals surface area contributed by atoms with Gasteiger partial charge in [0.1, 0.15) is 0 Å². The summed E-state index contributed by atoms with van der Waals surface area (Å²) in [5.41, 5.74) is 0. The highest BCUT2D eigenvalue weighted by molar-refractivity contribution is 9.10. The van der Waals surface area contributed by atoms with Gasteiger partial charge in [-0.15, -0.1) is 11.3 Å². The van der Waals surface area contributed by atoms with E-state index in [9.17, 15) is 13.2 Å². The van der Waals surface area contributed by atoms with E-state index in [1.165, 1.54) is 15.6 Å². The average Bonchev–Trinajstić information content (AvgIpc) is 2.82. The van der Waals surface area contributed by atoms with Gasteiger partial charge in [0.15, 0.2) is 0 Å². The Morgan fingerprint density at radius 2 is 2.35 bits per heavy atom. The molecule has 0 amide bonds. The van der Waals surface area contributed by atoms with Crippen molar-refractivity contribution >= 4 is 43.4 Å². The molecule has 1 unspecified atom stereocenters. The highest BCUT2D eigenvalue weighted by atomic mass is 79.9. The molecule has 112 valence electrons. The molecule has 1 aliphatic heterocycles. The number of hydrogen-bond donors (Lipinski definition) is 2. The van der Waals surface area contributed by atoms with Gasteiger partial charge >= 0.3 is 5.97 Å². The van der Waals surface area contributed by atoms with Gasteiger partial charge in [0, 0.05) is 29.0 Å². The SMILES string of the molecule is O=C(O)C1CCCN(S(=O)(=O)NCc2sccc2Br)C1. The van der Waals surface area contributed by atoms with Crippen molar-refractivity contribution in [1.29, 1.82) is 0 Å². The molecule has 1 aromatic rings. The third kappa shape index (κ3) is 3.79. The smallest absolute Gasteiger partial charge is 0.307 e. The van der Waals surface area contributed by atoms with Crippen LogP contribution in [0, 0.1) is 5.92 Å². The molecule has 20 heavy (non-hydrogen) atoms. The van der Waals surface area contributed by atoms with E-state index in [2.05, 4.69) is 20.7 Å². The Labute approximate surface area is 130 Å². The summed E-state index contributed by atoms with van der Waals surface area (Å²) in [6.07, 6.45) is 1.10. The Kier molecular flexibility index (Phi) is 5.19. The van der Waals surface area contributed by atoms with Crippen LogP contribution in [0.15, 0.2) is 15.9 Å². The zero-order valence-corrected chi connectivity index (χ0v) is 13.8. The number of nitrogens with zero attached hydrogens (tertiary/aromatic N) is 1. The van der Waals surface area contributed by atoms with Crippen molar-refractivity contribution in [2.75, 3.05) is 13.1 Å². The summed E-state index contributed by atoms with van der Waals surface area (Å²) in [5, 5.41) is 10.9. The van der Waals surface area contributed by atoms with Gasteiger partial charge in [0.05, 0.1) is 5.92 Å². The molecule has 9 heteroatoms. The summed E-state index contributed by atoms with van der Waals surface area (Å²) in [4.78, 5) is 11.9. The maximum Gasteiger partial charge on any atom is 0.307 e. The number of carbonyl (C=O) groups is 1. The lowest BCUT2D eigenvalue weighted by Crippen LogP contribution is -2.47. The zero-order chi connectivity index (χ0) is 14.8. The number of carboxylic acids is 1. The van der Waals surface area contributed by atoms with E-state index in [1.807, 2.05) is 11.4 Å². The lowest BCUT2D eigenvalue weighted by molar-refractivity contribution is -0.142. The zero-order valence-electron chi connectivity index (χ0n) is 10.6. The Bertz CT molecular complexity index is 587. The lowest BCUT2D eigenvalue weighted by atomic mass is 10.0. The second-order valence-electron chi connectivity index (χ2n) is 4.55. The molecule has 1 saturated heterocycles. The largest absolute Gasteiger partial charge is 0.481 e. The third-order valence-corrected chi connectivity index (χ3v) is 6.63. The highest BCUT2D eigenvalue weighted by Crippen LogP contribution is 2.23. The highest BCUT2D eigenvalue weighted by Gasteiger charge is 2.32. The molecule has 6 nitrogen and oxygen atoms in total. The first kappa shape index (κ1) is 15.9.